The van der Waals surface area contributed by atoms with Gasteiger partial charge in [0.1, 0.15) is 0 Å². The van der Waals surface area contributed by atoms with Crippen molar-refractivity contribution < 1.29 is 0 Å². The molecule has 0 atom stereocenters. The molecule has 0 amide bonds. The summed E-state index contributed by atoms with van der Waals surface area (Å²) in [6.45, 7) is 0. The summed E-state index contributed by atoms with van der Waals surface area (Å²) < 4.78 is 7.54. The molecule has 4 nitrogen and oxygen atoms in total. The van der Waals surface area contributed by atoms with Crippen LogP contribution in [0.3, 0.4) is 0 Å². The van der Waals surface area contributed by atoms with Crippen LogP contribution in [0.2, 0.25) is 0 Å². The third kappa shape index (κ3) is 5.15. The molecule has 57 heavy (non-hydrogen) atoms. The average molecular weight is 763 g/mol. The normalized spacial score (nSPS) is 11.9. The molecule has 0 aliphatic carbocycles. The Balaban J connectivity index is 0.987. The molecular formula is C51H30N4S2. The van der Waals surface area contributed by atoms with Crippen LogP contribution < -0.4 is 0 Å². The molecule has 12 rings (SSSR count). The fourth-order valence-electron chi connectivity index (χ4n) is 8.45. The minimum absolute atomic E-state index is 0.664. The lowest BCUT2D eigenvalue weighted by Gasteiger charge is -2.10. The number of fused-ring (bicyclic) bond motifs is 9. The average Bonchev–Trinajstić information content (AvgIpc) is 3.96. The highest BCUT2D eigenvalue weighted by molar-refractivity contribution is 7.26. The lowest BCUT2D eigenvalue weighted by molar-refractivity contribution is 1.07. The summed E-state index contributed by atoms with van der Waals surface area (Å²) in [5.74, 6) is 1.99. The summed E-state index contributed by atoms with van der Waals surface area (Å²) in [6, 6.07) is 64.9. The number of hydrogen-bond donors (Lipinski definition) is 0. The monoisotopic (exact) mass is 762 g/mol. The van der Waals surface area contributed by atoms with Crippen LogP contribution in [0.25, 0.3) is 113 Å². The van der Waals surface area contributed by atoms with Crippen molar-refractivity contribution >= 4 is 84.8 Å². The highest BCUT2D eigenvalue weighted by Gasteiger charge is 2.19. The second-order valence-electron chi connectivity index (χ2n) is 14.4. The van der Waals surface area contributed by atoms with E-state index in [2.05, 4.69) is 126 Å². The maximum Gasteiger partial charge on any atom is 0.164 e. The van der Waals surface area contributed by atoms with E-state index < -0.39 is 0 Å². The van der Waals surface area contributed by atoms with Crippen LogP contribution in [-0.2, 0) is 0 Å². The van der Waals surface area contributed by atoms with Gasteiger partial charge in [-0.25, -0.2) is 15.0 Å². The Hall–Kier alpha value is -6.99. The smallest absolute Gasteiger partial charge is 0.164 e. The van der Waals surface area contributed by atoms with Crippen molar-refractivity contribution in [3.63, 3.8) is 0 Å². The van der Waals surface area contributed by atoms with Gasteiger partial charge in [0.25, 0.3) is 0 Å². The molecule has 0 saturated carbocycles. The van der Waals surface area contributed by atoms with Crippen molar-refractivity contribution in [3.05, 3.63) is 182 Å². The van der Waals surface area contributed by atoms with Crippen LogP contribution in [0.15, 0.2) is 182 Å². The molecule has 12 aromatic rings. The van der Waals surface area contributed by atoms with Gasteiger partial charge in [0.2, 0.25) is 0 Å². The van der Waals surface area contributed by atoms with Gasteiger partial charge in [0.15, 0.2) is 17.5 Å². The zero-order valence-corrected chi connectivity index (χ0v) is 32.1. The molecule has 0 N–H and O–H groups in total. The minimum atomic E-state index is 0.664. The summed E-state index contributed by atoms with van der Waals surface area (Å²) in [5.41, 5.74) is 9.05. The first-order valence-electron chi connectivity index (χ1n) is 19.0. The lowest BCUT2D eigenvalue weighted by Crippen LogP contribution is -2.00. The molecule has 0 aliphatic heterocycles. The van der Waals surface area contributed by atoms with Crippen LogP contribution in [0.5, 0.6) is 0 Å². The summed E-state index contributed by atoms with van der Waals surface area (Å²) in [7, 11) is 0. The van der Waals surface area contributed by atoms with Gasteiger partial charge in [0, 0.05) is 67.8 Å². The van der Waals surface area contributed by atoms with Crippen molar-refractivity contribution in [2.75, 3.05) is 0 Å². The first-order chi connectivity index (χ1) is 28.2. The van der Waals surface area contributed by atoms with Crippen molar-refractivity contribution in [2.24, 2.45) is 0 Å². The number of para-hydroxylation sites is 2. The van der Waals surface area contributed by atoms with Crippen LogP contribution in [-0.4, -0.2) is 19.5 Å². The van der Waals surface area contributed by atoms with Crippen molar-refractivity contribution in [1.82, 2.24) is 19.5 Å². The Bertz CT molecular complexity index is 3410. The van der Waals surface area contributed by atoms with Crippen LogP contribution in [0, 0.1) is 0 Å². The Morgan fingerprint density at radius 1 is 0.351 bits per heavy atom. The minimum Gasteiger partial charge on any atom is -0.309 e. The molecule has 4 heterocycles. The highest BCUT2D eigenvalue weighted by Crippen LogP contribution is 2.45. The number of aromatic nitrogens is 4. The summed E-state index contributed by atoms with van der Waals surface area (Å²) in [6.07, 6.45) is 0. The van der Waals surface area contributed by atoms with E-state index in [1.165, 1.54) is 79.0 Å². The number of thiophene rings is 2. The first kappa shape index (κ1) is 32.3. The fourth-order valence-corrected chi connectivity index (χ4v) is 10.8. The van der Waals surface area contributed by atoms with Gasteiger partial charge < -0.3 is 4.57 Å². The number of hydrogen-bond acceptors (Lipinski definition) is 5. The van der Waals surface area contributed by atoms with Gasteiger partial charge in [-0.2, -0.15) is 0 Å². The maximum absolute atomic E-state index is 5.00. The molecule has 0 unspecified atom stereocenters. The maximum atomic E-state index is 5.00. The van der Waals surface area contributed by atoms with E-state index >= 15 is 0 Å². The largest absolute Gasteiger partial charge is 0.309 e. The van der Waals surface area contributed by atoms with E-state index in [1.807, 2.05) is 83.3 Å². The summed E-state index contributed by atoms with van der Waals surface area (Å²) in [4.78, 5) is 14.9. The number of nitrogens with zero attached hydrogens (tertiary/aromatic N) is 4. The topological polar surface area (TPSA) is 43.6 Å². The van der Waals surface area contributed by atoms with Crippen LogP contribution >= 0.6 is 22.7 Å². The van der Waals surface area contributed by atoms with E-state index in [4.69, 9.17) is 15.0 Å². The molecule has 0 radical (unpaired) electrons. The Morgan fingerprint density at radius 2 is 0.947 bits per heavy atom. The quantitative estimate of drug-likeness (QED) is 0.175. The van der Waals surface area contributed by atoms with E-state index in [9.17, 15) is 0 Å². The molecule has 6 heteroatoms. The molecular weight excluding hydrogens is 733 g/mol. The zero-order valence-electron chi connectivity index (χ0n) is 30.4. The molecule has 0 spiro atoms. The Labute approximate surface area is 335 Å². The second kappa shape index (κ2) is 12.8. The predicted octanol–water partition coefficient (Wildman–Crippen LogP) is 14.4. The summed E-state index contributed by atoms with van der Waals surface area (Å²) >= 11 is 3.72. The third-order valence-electron chi connectivity index (χ3n) is 11.1. The zero-order chi connectivity index (χ0) is 37.5. The van der Waals surface area contributed by atoms with Gasteiger partial charge in [-0.05, 0) is 59.7 Å². The standard InChI is InChI=1S/C51H30N4S2/c1-3-13-31(14-4-1)49-52-50(32-15-5-2-6-16-32)54-51(53-49)34-26-28-44-40(29-34)38-27-25-33(30-46(38)56-44)35-19-11-20-39-47-43(23-12-24-45(47)57-48(35)39)55-41-21-9-7-17-36(41)37-18-8-10-22-42(37)55/h1-30H. The van der Waals surface area contributed by atoms with E-state index in [-0.39, 0.29) is 0 Å². The van der Waals surface area contributed by atoms with Gasteiger partial charge in [-0.1, -0.05) is 133 Å². The number of rotatable bonds is 5. The van der Waals surface area contributed by atoms with Crippen LogP contribution in [0.4, 0.5) is 0 Å². The second-order valence-corrected chi connectivity index (χ2v) is 16.5. The van der Waals surface area contributed by atoms with Gasteiger partial charge >= 0.3 is 0 Å². The van der Waals surface area contributed by atoms with E-state index in [1.54, 1.807) is 0 Å². The Morgan fingerprint density at radius 3 is 1.65 bits per heavy atom. The molecule has 266 valence electrons. The summed E-state index contributed by atoms with van der Waals surface area (Å²) in [5, 5.41) is 7.57. The first-order valence-corrected chi connectivity index (χ1v) is 20.7. The Kier molecular flexibility index (Phi) is 7.24. The van der Waals surface area contributed by atoms with Gasteiger partial charge in [-0.15, -0.1) is 22.7 Å². The van der Waals surface area contributed by atoms with Crippen molar-refractivity contribution in [3.8, 4) is 51.0 Å². The molecule has 0 bridgehead atoms. The van der Waals surface area contributed by atoms with Crippen molar-refractivity contribution in [1.29, 1.82) is 0 Å². The lowest BCUT2D eigenvalue weighted by atomic mass is 10.0. The third-order valence-corrected chi connectivity index (χ3v) is 13.4. The SMILES string of the molecule is c1ccc(-c2nc(-c3ccccc3)nc(-c3ccc4sc5cc(-c6cccc7c6sc6cccc(-n8c9ccccc9c9ccccc98)c67)ccc5c4c3)n2)cc1. The molecule has 4 aromatic heterocycles. The molecule has 8 aromatic carbocycles. The predicted molar refractivity (Wildman–Crippen MR) is 242 cm³/mol. The highest BCUT2D eigenvalue weighted by atomic mass is 32.1. The molecule has 0 fully saturated rings. The fraction of sp³-hybridized carbons (Fsp3) is 0. The van der Waals surface area contributed by atoms with Gasteiger partial charge in [-0.3, -0.25) is 0 Å². The van der Waals surface area contributed by atoms with Crippen LogP contribution in [0.1, 0.15) is 0 Å². The molecule has 0 saturated heterocycles. The van der Waals surface area contributed by atoms with E-state index in [0.29, 0.717) is 17.5 Å². The van der Waals surface area contributed by atoms with E-state index in [0.717, 1.165) is 16.7 Å². The number of benzene rings is 8. The van der Waals surface area contributed by atoms with Gasteiger partial charge in [0.05, 0.1) is 16.7 Å². The molecule has 0 aliphatic rings. The van der Waals surface area contributed by atoms with Crippen molar-refractivity contribution in [2.45, 2.75) is 0 Å².